The van der Waals surface area contributed by atoms with Crippen molar-refractivity contribution in [3.05, 3.63) is 48.2 Å². The molecule has 27 heavy (non-hydrogen) atoms. The summed E-state index contributed by atoms with van der Waals surface area (Å²) in [5.74, 6) is 3.31. The SMILES string of the molecule is Cn1c(C2CC2)nc2cc(Nc3nccn4nc(C5CCC5)cc34)ccc21. The summed E-state index contributed by atoms with van der Waals surface area (Å²) in [6.07, 6.45) is 10.1. The summed E-state index contributed by atoms with van der Waals surface area (Å²) in [7, 11) is 2.12. The van der Waals surface area contributed by atoms with Gasteiger partial charge in [0.15, 0.2) is 5.82 Å². The van der Waals surface area contributed by atoms with Crippen molar-refractivity contribution in [3.8, 4) is 0 Å². The van der Waals surface area contributed by atoms with Crippen molar-refractivity contribution in [1.82, 2.24) is 24.1 Å². The molecule has 0 aliphatic heterocycles. The van der Waals surface area contributed by atoms with Crippen LogP contribution >= 0.6 is 0 Å². The highest BCUT2D eigenvalue weighted by Gasteiger charge is 2.28. The first kappa shape index (κ1) is 15.2. The summed E-state index contributed by atoms with van der Waals surface area (Å²) in [4.78, 5) is 9.43. The first-order chi connectivity index (χ1) is 13.3. The normalized spacial score (nSPS) is 17.5. The van der Waals surface area contributed by atoms with E-state index in [0.29, 0.717) is 11.8 Å². The van der Waals surface area contributed by atoms with E-state index in [1.165, 1.54) is 49.1 Å². The lowest BCUT2D eigenvalue weighted by atomic mass is 9.83. The van der Waals surface area contributed by atoms with Crippen LogP contribution in [0.5, 0.6) is 0 Å². The van der Waals surface area contributed by atoms with Crippen molar-refractivity contribution in [2.75, 3.05) is 5.32 Å². The first-order valence-corrected chi connectivity index (χ1v) is 9.84. The van der Waals surface area contributed by atoms with Gasteiger partial charge in [0.1, 0.15) is 11.3 Å². The van der Waals surface area contributed by atoms with Crippen LogP contribution in [0.15, 0.2) is 36.7 Å². The average Bonchev–Trinajstić information content (AvgIpc) is 3.29. The summed E-state index contributed by atoms with van der Waals surface area (Å²) in [6.45, 7) is 0. The molecule has 6 nitrogen and oxygen atoms in total. The number of benzene rings is 1. The van der Waals surface area contributed by atoms with Crippen LogP contribution in [0, 0.1) is 0 Å². The fourth-order valence-electron chi connectivity index (χ4n) is 4.08. The molecule has 3 aromatic heterocycles. The largest absolute Gasteiger partial charge is 0.338 e. The third kappa shape index (κ3) is 2.43. The van der Waals surface area contributed by atoms with Crippen LogP contribution in [-0.2, 0) is 7.05 Å². The molecule has 136 valence electrons. The van der Waals surface area contributed by atoms with Crippen molar-refractivity contribution in [2.24, 2.45) is 7.05 Å². The van der Waals surface area contributed by atoms with Crippen LogP contribution in [0.3, 0.4) is 0 Å². The van der Waals surface area contributed by atoms with Crippen molar-refractivity contribution in [3.63, 3.8) is 0 Å². The number of hydrogen-bond acceptors (Lipinski definition) is 4. The van der Waals surface area contributed by atoms with Crippen molar-refractivity contribution >= 4 is 28.1 Å². The number of rotatable bonds is 4. The second-order valence-electron chi connectivity index (χ2n) is 7.93. The summed E-state index contributed by atoms with van der Waals surface area (Å²) in [6, 6.07) is 8.56. The Labute approximate surface area is 157 Å². The smallest absolute Gasteiger partial charge is 0.156 e. The van der Waals surface area contributed by atoms with E-state index in [9.17, 15) is 0 Å². The van der Waals surface area contributed by atoms with Crippen LogP contribution in [0.4, 0.5) is 11.5 Å². The van der Waals surface area contributed by atoms with E-state index in [-0.39, 0.29) is 0 Å². The fourth-order valence-corrected chi connectivity index (χ4v) is 4.08. The molecule has 2 saturated carbocycles. The number of nitrogens with zero attached hydrogens (tertiary/aromatic N) is 5. The molecule has 0 radical (unpaired) electrons. The summed E-state index contributed by atoms with van der Waals surface area (Å²) in [5.41, 5.74) is 5.45. The Bertz CT molecular complexity index is 1160. The molecule has 4 aromatic rings. The van der Waals surface area contributed by atoms with E-state index in [2.05, 4.69) is 46.2 Å². The Kier molecular flexibility index (Phi) is 3.12. The summed E-state index contributed by atoms with van der Waals surface area (Å²) < 4.78 is 4.17. The maximum atomic E-state index is 4.87. The van der Waals surface area contributed by atoms with Crippen LogP contribution in [0.25, 0.3) is 16.6 Å². The van der Waals surface area contributed by atoms with Gasteiger partial charge in [-0.05, 0) is 49.9 Å². The molecule has 0 saturated heterocycles. The standard InChI is InChI=1S/C21H22N6/c1-26-18-8-7-15(11-17(18)24-21(26)14-5-6-14)23-20-19-12-16(13-3-2-4-13)25-27(19)10-9-22-20/h7-14H,2-6H2,1H3,(H,22,23). The number of fused-ring (bicyclic) bond motifs is 2. The molecule has 0 atom stereocenters. The van der Waals surface area contributed by atoms with E-state index in [4.69, 9.17) is 10.1 Å². The average molecular weight is 358 g/mol. The molecule has 0 amide bonds. The van der Waals surface area contributed by atoms with Gasteiger partial charge in [-0.1, -0.05) is 6.42 Å². The topological polar surface area (TPSA) is 60.0 Å². The Hall–Kier alpha value is -2.89. The van der Waals surface area contributed by atoms with Gasteiger partial charge in [0.2, 0.25) is 0 Å². The molecule has 3 heterocycles. The molecule has 1 N–H and O–H groups in total. The van der Waals surface area contributed by atoms with Gasteiger partial charge < -0.3 is 9.88 Å². The zero-order chi connectivity index (χ0) is 18.0. The maximum absolute atomic E-state index is 4.87. The second-order valence-corrected chi connectivity index (χ2v) is 7.93. The third-order valence-electron chi connectivity index (χ3n) is 6.05. The predicted molar refractivity (Wildman–Crippen MR) is 106 cm³/mol. The molecule has 1 aromatic carbocycles. The Morgan fingerprint density at radius 1 is 1.04 bits per heavy atom. The molecule has 2 fully saturated rings. The molecular weight excluding hydrogens is 336 g/mol. The fraction of sp³-hybridized carbons (Fsp3) is 0.381. The Balaban J connectivity index is 1.37. The van der Waals surface area contributed by atoms with Crippen molar-refractivity contribution < 1.29 is 0 Å². The molecular formula is C21H22N6. The number of hydrogen-bond donors (Lipinski definition) is 1. The van der Waals surface area contributed by atoms with Gasteiger partial charge in [-0.15, -0.1) is 0 Å². The van der Waals surface area contributed by atoms with Crippen LogP contribution in [0.2, 0.25) is 0 Å². The zero-order valence-electron chi connectivity index (χ0n) is 15.4. The van der Waals surface area contributed by atoms with Crippen LogP contribution in [0.1, 0.15) is 55.5 Å². The number of anilines is 2. The van der Waals surface area contributed by atoms with Crippen molar-refractivity contribution in [2.45, 2.75) is 43.9 Å². The third-order valence-corrected chi connectivity index (χ3v) is 6.05. The number of aromatic nitrogens is 5. The van der Waals surface area contributed by atoms with Crippen LogP contribution < -0.4 is 5.32 Å². The summed E-state index contributed by atoms with van der Waals surface area (Å²) >= 11 is 0. The van der Waals surface area contributed by atoms with Gasteiger partial charge in [0.25, 0.3) is 0 Å². The van der Waals surface area contributed by atoms with Gasteiger partial charge in [-0.25, -0.2) is 14.5 Å². The number of aryl methyl sites for hydroxylation is 1. The highest BCUT2D eigenvalue weighted by atomic mass is 15.2. The summed E-state index contributed by atoms with van der Waals surface area (Å²) in [5, 5.41) is 8.23. The second kappa shape index (κ2) is 5.55. The van der Waals surface area contributed by atoms with E-state index in [1.807, 2.05) is 10.7 Å². The highest BCUT2D eigenvalue weighted by molar-refractivity contribution is 5.83. The van der Waals surface area contributed by atoms with Gasteiger partial charge in [-0.3, -0.25) is 0 Å². The molecule has 6 rings (SSSR count). The molecule has 6 heteroatoms. The van der Waals surface area contributed by atoms with Gasteiger partial charge in [-0.2, -0.15) is 5.10 Å². The number of nitrogens with one attached hydrogen (secondary N) is 1. The van der Waals surface area contributed by atoms with E-state index < -0.39 is 0 Å². The lowest BCUT2D eigenvalue weighted by Crippen LogP contribution is -2.09. The van der Waals surface area contributed by atoms with Gasteiger partial charge in [0.05, 0.1) is 16.7 Å². The zero-order valence-corrected chi connectivity index (χ0v) is 15.4. The minimum absolute atomic E-state index is 0.614. The van der Waals surface area contributed by atoms with E-state index in [1.54, 1.807) is 6.20 Å². The van der Waals surface area contributed by atoms with E-state index in [0.717, 1.165) is 22.5 Å². The monoisotopic (exact) mass is 358 g/mol. The van der Waals surface area contributed by atoms with Gasteiger partial charge in [0, 0.05) is 37.0 Å². The minimum Gasteiger partial charge on any atom is -0.338 e. The molecule has 0 spiro atoms. The Morgan fingerprint density at radius 2 is 1.93 bits per heavy atom. The molecule has 0 bridgehead atoms. The highest BCUT2D eigenvalue weighted by Crippen LogP contribution is 2.40. The van der Waals surface area contributed by atoms with Crippen LogP contribution in [-0.4, -0.2) is 24.1 Å². The molecule has 2 aliphatic carbocycles. The lowest BCUT2D eigenvalue weighted by molar-refractivity contribution is 0.409. The maximum Gasteiger partial charge on any atom is 0.156 e. The van der Waals surface area contributed by atoms with Crippen molar-refractivity contribution in [1.29, 1.82) is 0 Å². The minimum atomic E-state index is 0.614. The van der Waals surface area contributed by atoms with E-state index >= 15 is 0 Å². The lowest BCUT2D eigenvalue weighted by Gasteiger charge is -2.22. The first-order valence-electron chi connectivity index (χ1n) is 9.84. The Morgan fingerprint density at radius 3 is 2.70 bits per heavy atom. The number of imidazole rings is 1. The molecule has 2 aliphatic rings. The molecule has 0 unspecified atom stereocenters. The quantitative estimate of drug-likeness (QED) is 0.583. The predicted octanol–water partition coefficient (Wildman–Crippen LogP) is 4.50. The van der Waals surface area contributed by atoms with Gasteiger partial charge >= 0.3 is 0 Å².